The molecule has 3 aliphatic rings. The van der Waals surface area contributed by atoms with Gasteiger partial charge in [0.05, 0.1) is 0 Å². The van der Waals surface area contributed by atoms with Gasteiger partial charge in [0.25, 0.3) is 0 Å². The second-order valence-electron chi connectivity index (χ2n) is 12.0. The normalized spacial score (nSPS) is 25.5. The Bertz CT molecular complexity index is 1710. The van der Waals surface area contributed by atoms with Gasteiger partial charge >= 0.3 is 269 Å². The van der Waals surface area contributed by atoms with Crippen LogP contribution >= 0.6 is 0 Å². The summed E-state index contributed by atoms with van der Waals surface area (Å²) in [5.74, 6) is 0.556. The SMILES string of the molecule is COc1ccc2c(n1)C[C@H]1C[C@](COS(C)(=O)=O)([Se]c3ccccc3[N+](=O)[O-])C[C@]23[C@@H]1CCCN3C(=O)OCc1ccccc1. The van der Waals surface area contributed by atoms with E-state index in [-0.39, 0.29) is 30.7 Å². The number of fused-ring (bicyclic) bond motifs is 1. The minimum atomic E-state index is -3.83. The molecular weight excluding hydrogens is 665 g/mol. The van der Waals surface area contributed by atoms with Gasteiger partial charge in [0.1, 0.15) is 0 Å². The van der Waals surface area contributed by atoms with Crippen molar-refractivity contribution in [1.82, 2.24) is 9.88 Å². The number of nitrogens with zero attached hydrogens (tertiary/aromatic N) is 3. The molecule has 6 rings (SSSR count). The molecule has 1 amide bonds. The van der Waals surface area contributed by atoms with E-state index in [9.17, 15) is 23.3 Å². The molecule has 13 heteroatoms. The molecule has 45 heavy (non-hydrogen) atoms. The van der Waals surface area contributed by atoms with Crippen molar-refractivity contribution < 1.29 is 31.8 Å². The van der Waals surface area contributed by atoms with Crippen LogP contribution in [0.4, 0.5) is 10.5 Å². The molecular formula is C32H35N3O8SSe. The Kier molecular flexibility index (Phi) is 8.64. The Morgan fingerprint density at radius 1 is 1.13 bits per heavy atom. The Labute approximate surface area is 268 Å². The van der Waals surface area contributed by atoms with Crippen molar-refractivity contribution in [3.05, 3.63) is 93.7 Å². The molecule has 1 saturated heterocycles. The average molecular weight is 701 g/mol. The maximum absolute atomic E-state index is 14.1. The van der Waals surface area contributed by atoms with Gasteiger partial charge in [-0.25, -0.2) is 0 Å². The summed E-state index contributed by atoms with van der Waals surface area (Å²) in [5, 5.41) is 12.1. The van der Waals surface area contributed by atoms with Crippen LogP contribution < -0.4 is 9.20 Å². The van der Waals surface area contributed by atoms with Gasteiger partial charge in [0, 0.05) is 0 Å². The van der Waals surface area contributed by atoms with E-state index in [2.05, 4.69) is 0 Å². The number of likely N-dealkylation sites (tertiary alicyclic amines) is 1. The predicted molar refractivity (Wildman–Crippen MR) is 167 cm³/mol. The number of aromatic nitrogens is 1. The Morgan fingerprint density at radius 3 is 2.62 bits per heavy atom. The van der Waals surface area contributed by atoms with E-state index in [1.54, 1.807) is 31.4 Å². The number of benzene rings is 2. The summed E-state index contributed by atoms with van der Waals surface area (Å²) in [6, 6.07) is 19.9. The third-order valence-corrected chi connectivity index (χ3v) is 12.8. The Balaban J connectivity index is 1.48. The molecule has 2 aromatic carbocycles. The summed E-state index contributed by atoms with van der Waals surface area (Å²) in [6.45, 7) is 0.412. The number of amides is 1. The fraction of sp³-hybridized carbons (Fsp3) is 0.438. The number of ether oxygens (including phenoxy) is 2. The second-order valence-corrected chi connectivity index (χ2v) is 16.8. The summed E-state index contributed by atoms with van der Waals surface area (Å²) in [6.07, 6.45) is 3.77. The van der Waals surface area contributed by atoms with Crippen LogP contribution in [0.15, 0.2) is 66.7 Å². The van der Waals surface area contributed by atoms with Crippen molar-refractivity contribution in [1.29, 1.82) is 0 Å². The zero-order valence-corrected chi connectivity index (χ0v) is 27.6. The molecule has 0 unspecified atom stereocenters. The molecule has 0 radical (unpaired) electrons. The Morgan fingerprint density at radius 2 is 1.89 bits per heavy atom. The number of pyridine rings is 1. The van der Waals surface area contributed by atoms with Crippen molar-refractivity contribution in [2.24, 2.45) is 11.8 Å². The molecule has 0 N–H and O–H groups in total. The van der Waals surface area contributed by atoms with Crippen LogP contribution in [0.5, 0.6) is 5.88 Å². The van der Waals surface area contributed by atoms with Gasteiger partial charge in [-0.1, -0.05) is 0 Å². The van der Waals surface area contributed by atoms with E-state index in [1.807, 2.05) is 41.3 Å². The number of piperidine rings is 1. The van der Waals surface area contributed by atoms with Crippen molar-refractivity contribution in [3.63, 3.8) is 0 Å². The van der Waals surface area contributed by atoms with Crippen molar-refractivity contribution in [2.75, 3.05) is 26.5 Å². The van der Waals surface area contributed by atoms with Crippen LogP contribution in [0.25, 0.3) is 0 Å². The third-order valence-electron chi connectivity index (χ3n) is 9.22. The summed E-state index contributed by atoms with van der Waals surface area (Å²) in [4.78, 5) is 32.5. The van der Waals surface area contributed by atoms with Gasteiger partial charge in [-0.2, -0.15) is 0 Å². The minimum absolute atomic E-state index is 0.00409. The van der Waals surface area contributed by atoms with Crippen LogP contribution in [-0.2, 0) is 37.6 Å². The first-order chi connectivity index (χ1) is 21.5. The summed E-state index contributed by atoms with van der Waals surface area (Å²) < 4.78 is 41.5. The van der Waals surface area contributed by atoms with Crippen LogP contribution in [0.1, 0.15) is 42.5 Å². The second kappa shape index (κ2) is 12.4. The summed E-state index contributed by atoms with van der Waals surface area (Å²) >= 11 is -0.591. The molecule has 238 valence electrons. The van der Waals surface area contributed by atoms with Crippen molar-refractivity contribution >= 4 is 41.3 Å². The molecule has 2 heterocycles. The van der Waals surface area contributed by atoms with Gasteiger partial charge in [0.15, 0.2) is 0 Å². The molecule has 1 saturated carbocycles. The third kappa shape index (κ3) is 6.18. The van der Waals surface area contributed by atoms with E-state index in [4.69, 9.17) is 18.6 Å². The molecule has 1 aromatic heterocycles. The average Bonchev–Trinajstić information content (AvgIpc) is 3.02. The van der Waals surface area contributed by atoms with Crippen LogP contribution in [0.2, 0.25) is 4.31 Å². The van der Waals surface area contributed by atoms with Gasteiger partial charge < -0.3 is 0 Å². The van der Waals surface area contributed by atoms with Gasteiger partial charge in [0.2, 0.25) is 0 Å². The molecule has 4 atom stereocenters. The molecule has 2 bridgehead atoms. The first kappa shape index (κ1) is 31.5. The van der Waals surface area contributed by atoms with Gasteiger partial charge in [-0.05, 0) is 0 Å². The van der Waals surface area contributed by atoms with Crippen molar-refractivity contribution in [3.8, 4) is 5.88 Å². The standard InChI is InChI=1S/C32H35N3O8SSe/c1-41-29-15-14-25-26(33-29)17-23-18-31(21-43-44(2,39)40,45-28-13-7-6-12-27(28)35(37)38)20-32(25)24(23)11-8-16-34(32)30(36)42-19-22-9-4-3-5-10-22/h3-7,9-10,12-15,23-24H,8,11,16-21H2,1-2H3/t23-,24+,31-,32-/m0/s1. The van der Waals surface area contributed by atoms with E-state index >= 15 is 0 Å². The predicted octanol–water partition coefficient (Wildman–Crippen LogP) is 4.37. The molecule has 3 aromatic rings. The van der Waals surface area contributed by atoms with Crippen molar-refractivity contribution in [2.45, 2.75) is 48.6 Å². The number of carbonyl (C=O) groups is 1. The number of nitro groups is 1. The zero-order valence-electron chi connectivity index (χ0n) is 25.1. The van der Waals surface area contributed by atoms with E-state index < -0.39 is 45.9 Å². The first-order valence-electron chi connectivity index (χ1n) is 14.8. The fourth-order valence-corrected chi connectivity index (χ4v) is 11.5. The number of carbonyl (C=O) groups excluding carboxylic acids is 1. The van der Waals surface area contributed by atoms with Gasteiger partial charge in [-0.15, -0.1) is 0 Å². The number of hydrogen-bond donors (Lipinski definition) is 0. The number of nitro benzene ring substituents is 1. The monoisotopic (exact) mass is 701 g/mol. The molecule has 0 spiro atoms. The van der Waals surface area contributed by atoms with Crippen LogP contribution in [0.3, 0.4) is 0 Å². The quantitative estimate of drug-likeness (QED) is 0.138. The fourth-order valence-electron chi connectivity index (χ4n) is 7.60. The summed E-state index contributed by atoms with van der Waals surface area (Å²) in [5.41, 5.74) is 1.71. The molecule has 2 fully saturated rings. The molecule has 2 aliphatic carbocycles. The topological polar surface area (TPSA) is 138 Å². The molecule has 11 nitrogen and oxygen atoms in total. The van der Waals surface area contributed by atoms with Crippen LogP contribution in [-0.4, -0.2) is 70.8 Å². The van der Waals surface area contributed by atoms with E-state index in [0.29, 0.717) is 36.1 Å². The number of para-hydroxylation sites is 1. The van der Waals surface area contributed by atoms with Crippen LogP contribution in [0, 0.1) is 22.0 Å². The maximum atomic E-state index is 14.1. The number of rotatable bonds is 9. The Hall–Kier alpha value is -3.51. The van der Waals surface area contributed by atoms with E-state index in [0.717, 1.165) is 35.9 Å². The zero-order chi connectivity index (χ0) is 31.8. The first-order valence-corrected chi connectivity index (χ1v) is 18.4. The van der Waals surface area contributed by atoms with E-state index in [1.165, 1.54) is 6.07 Å². The van der Waals surface area contributed by atoms with Gasteiger partial charge in [-0.3, -0.25) is 0 Å². The number of methoxy groups -OCH3 is 1. The summed E-state index contributed by atoms with van der Waals surface area (Å²) in [7, 11) is -2.27. The molecule has 1 aliphatic heterocycles. The number of hydrogen-bond acceptors (Lipinski definition) is 9.